The summed E-state index contributed by atoms with van der Waals surface area (Å²) in [4.78, 5) is 13.1. The highest BCUT2D eigenvalue weighted by Gasteiger charge is 2.11. The predicted octanol–water partition coefficient (Wildman–Crippen LogP) is 4.08. The minimum absolute atomic E-state index is 0.465. The Morgan fingerprint density at radius 1 is 1.07 bits per heavy atom. The van der Waals surface area contributed by atoms with Crippen LogP contribution < -0.4 is 21.1 Å². The molecule has 0 atom stereocenters. The van der Waals surface area contributed by atoms with Gasteiger partial charge in [-0.1, -0.05) is 41.7 Å². The minimum atomic E-state index is 0.465. The van der Waals surface area contributed by atoms with Crippen LogP contribution in [-0.4, -0.2) is 28.6 Å². The molecule has 0 radical (unpaired) electrons. The SMILES string of the molecule is COc1ccc2nc(Nc3ncnc(NCCc4ccccc4)c3N)sc2c1. The number of aromatic nitrogens is 3. The number of hydrogen-bond acceptors (Lipinski definition) is 8. The topological polar surface area (TPSA) is 98.0 Å². The molecular weight excluding hydrogens is 372 g/mol. The average Bonchev–Trinajstić information content (AvgIpc) is 3.13. The van der Waals surface area contributed by atoms with Gasteiger partial charge in [0.15, 0.2) is 16.8 Å². The zero-order valence-corrected chi connectivity index (χ0v) is 16.2. The quantitative estimate of drug-likeness (QED) is 0.436. The summed E-state index contributed by atoms with van der Waals surface area (Å²) < 4.78 is 6.29. The Kier molecular flexibility index (Phi) is 5.20. The fourth-order valence-electron chi connectivity index (χ4n) is 2.79. The molecule has 0 aliphatic heterocycles. The zero-order chi connectivity index (χ0) is 19.3. The highest BCUT2D eigenvalue weighted by Crippen LogP contribution is 2.32. The van der Waals surface area contributed by atoms with Crippen molar-refractivity contribution in [3.05, 3.63) is 60.4 Å². The molecular formula is C20H20N6OS. The fraction of sp³-hybridized carbons (Fsp3) is 0.150. The summed E-state index contributed by atoms with van der Waals surface area (Å²) in [6, 6.07) is 16.0. The molecule has 4 N–H and O–H groups in total. The Morgan fingerprint density at radius 3 is 2.71 bits per heavy atom. The van der Waals surface area contributed by atoms with E-state index in [1.165, 1.54) is 23.2 Å². The number of benzene rings is 2. The van der Waals surface area contributed by atoms with Crippen LogP contribution in [0.4, 0.5) is 22.5 Å². The number of fused-ring (bicyclic) bond motifs is 1. The van der Waals surface area contributed by atoms with Crippen molar-refractivity contribution in [1.82, 2.24) is 15.0 Å². The molecule has 7 nitrogen and oxygen atoms in total. The normalized spacial score (nSPS) is 10.8. The van der Waals surface area contributed by atoms with Gasteiger partial charge in [-0.05, 0) is 30.2 Å². The largest absolute Gasteiger partial charge is 0.497 e. The highest BCUT2D eigenvalue weighted by molar-refractivity contribution is 7.22. The molecule has 2 aromatic carbocycles. The van der Waals surface area contributed by atoms with E-state index in [9.17, 15) is 0 Å². The average molecular weight is 392 g/mol. The van der Waals surface area contributed by atoms with Gasteiger partial charge in [-0.3, -0.25) is 0 Å². The van der Waals surface area contributed by atoms with Crippen molar-refractivity contribution in [3.8, 4) is 5.75 Å². The van der Waals surface area contributed by atoms with E-state index < -0.39 is 0 Å². The summed E-state index contributed by atoms with van der Waals surface area (Å²) in [6.45, 7) is 0.728. The number of thiazole rings is 1. The molecule has 0 saturated heterocycles. The van der Waals surface area contributed by atoms with Gasteiger partial charge >= 0.3 is 0 Å². The molecule has 0 aliphatic rings. The van der Waals surface area contributed by atoms with Crippen molar-refractivity contribution in [2.24, 2.45) is 0 Å². The monoisotopic (exact) mass is 392 g/mol. The lowest BCUT2D eigenvalue weighted by Crippen LogP contribution is -2.10. The summed E-state index contributed by atoms with van der Waals surface area (Å²) in [7, 11) is 1.65. The second kappa shape index (κ2) is 8.10. The predicted molar refractivity (Wildman–Crippen MR) is 115 cm³/mol. The standard InChI is InChI=1S/C20H20N6OS/c1-27-14-7-8-15-16(11-14)28-20(25-15)26-19-17(21)18(23-12-24-19)22-10-9-13-5-3-2-4-6-13/h2-8,11-12H,9-10,21H2,1H3,(H2,22,23,24,25,26). The third-order valence-electron chi connectivity index (χ3n) is 4.25. The van der Waals surface area contributed by atoms with Crippen LogP contribution in [0.1, 0.15) is 5.56 Å². The van der Waals surface area contributed by atoms with E-state index in [1.807, 2.05) is 36.4 Å². The maximum absolute atomic E-state index is 6.26. The van der Waals surface area contributed by atoms with Crippen LogP contribution in [-0.2, 0) is 6.42 Å². The second-order valence-electron chi connectivity index (χ2n) is 6.12. The van der Waals surface area contributed by atoms with Gasteiger partial charge in [0.05, 0.1) is 17.3 Å². The maximum atomic E-state index is 6.26. The van der Waals surface area contributed by atoms with Crippen LogP contribution in [0.2, 0.25) is 0 Å². The molecule has 0 fully saturated rings. The Morgan fingerprint density at radius 2 is 1.89 bits per heavy atom. The van der Waals surface area contributed by atoms with Gasteiger partial charge in [-0.25, -0.2) is 15.0 Å². The van der Waals surface area contributed by atoms with Crippen LogP contribution in [0, 0.1) is 0 Å². The molecule has 2 heterocycles. The Bertz CT molecular complexity index is 1080. The van der Waals surface area contributed by atoms with Crippen molar-refractivity contribution in [3.63, 3.8) is 0 Å². The number of rotatable bonds is 7. The molecule has 0 spiro atoms. The molecule has 4 aromatic rings. The first-order chi connectivity index (χ1) is 13.7. The minimum Gasteiger partial charge on any atom is -0.497 e. The molecule has 0 amide bonds. The van der Waals surface area contributed by atoms with Gasteiger partial charge in [0.2, 0.25) is 0 Å². The van der Waals surface area contributed by atoms with Crippen LogP contribution in [0.15, 0.2) is 54.9 Å². The van der Waals surface area contributed by atoms with E-state index >= 15 is 0 Å². The number of nitrogen functional groups attached to an aromatic ring is 1. The molecule has 0 saturated carbocycles. The maximum Gasteiger partial charge on any atom is 0.189 e. The Balaban J connectivity index is 1.47. The number of nitrogens with one attached hydrogen (secondary N) is 2. The lowest BCUT2D eigenvalue weighted by atomic mass is 10.1. The van der Waals surface area contributed by atoms with Crippen molar-refractivity contribution >= 4 is 44.0 Å². The van der Waals surface area contributed by atoms with E-state index in [-0.39, 0.29) is 0 Å². The van der Waals surface area contributed by atoms with Gasteiger partial charge in [0.1, 0.15) is 17.8 Å². The van der Waals surface area contributed by atoms with E-state index in [4.69, 9.17) is 10.5 Å². The van der Waals surface area contributed by atoms with E-state index in [1.54, 1.807) is 7.11 Å². The highest BCUT2D eigenvalue weighted by atomic mass is 32.1. The summed E-state index contributed by atoms with van der Waals surface area (Å²) in [5, 5.41) is 7.19. The molecule has 8 heteroatoms. The van der Waals surface area contributed by atoms with Crippen molar-refractivity contribution in [2.75, 3.05) is 30.0 Å². The number of nitrogens with two attached hydrogens (primary N) is 1. The first kappa shape index (κ1) is 18.0. The Labute approximate surface area is 166 Å². The third kappa shape index (κ3) is 3.96. The van der Waals surface area contributed by atoms with Gasteiger partial charge in [-0.2, -0.15) is 0 Å². The molecule has 28 heavy (non-hydrogen) atoms. The van der Waals surface area contributed by atoms with Gasteiger partial charge in [0, 0.05) is 6.54 Å². The van der Waals surface area contributed by atoms with Crippen LogP contribution in [0.3, 0.4) is 0 Å². The fourth-order valence-corrected chi connectivity index (χ4v) is 3.69. The smallest absolute Gasteiger partial charge is 0.189 e. The molecule has 0 aliphatic carbocycles. The van der Waals surface area contributed by atoms with E-state index in [0.717, 1.165) is 28.9 Å². The van der Waals surface area contributed by atoms with Crippen molar-refractivity contribution in [2.45, 2.75) is 6.42 Å². The molecule has 142 valence electrons. The van der Waals surface area contributed by atoms with Gasteiger partial charge < -0.3 is 21.1 Å². The van der Waals surface area contributed by atoms with Gasteiger partial charge in [-0.15, -0.1) is 0 Å². The number of methoxy groups -OCH3 is 1. The number of hydrogen-bond donors (Lipinski definition) is 3. The molecule has 2 aromatic heterocycles. The van der Waals surface area contributed by atoms with Crippen molar-refractivity contribution in [1.29, 1.82) is 0 Å². The Hall–Kier alpha value is -3.39. The number of nitrogens with zero attached hydrogens (tertiary/aromatic N) is 3. The van der Waals surface area contributed by atoms with E-state index in [2.05, 4.69) is 37.7 Å². The van der Waals surface area contributed by atoms with Gasteiger partial charge in [0.25, 0.3) is 0 Å². The summed E-state index contributed by atoms with van der Waals surface area (Å²) in [6.07, 6.45) is 2.37. The van der Waals surface area contributed by atoms with E-state index in [0.29, 0.717) is 22.5 Å². The number of anilines is 4. The van der Waals surface area contributed by atoms with Crippen molar-refractivity contribution < 1.29 is 4.74 Å². The lowest BCUT2D eigenvalue weighted by molar-refractivity contribution is 0.415. The summed E-state index contributed by atoms with van der Waals surface area (Å²) in [5.74, 6) is 1.94. The second-order valence-corrected chi connectivity index (χ2v) is 7.16. The summed E-state index contributed by atoms with van der Waals surface area (Å²) >= 11 is 1.51. The molecule has 0 bridgehead atoms. The molecule has 4 rings (SSSR count). The van der Waals surface area contributed by atoms with Crippen LogP contribution in [0.5, 0.6) is 5.75 Å². The first-order valence-electron chi connectivity index (χ1n) is 8.83. The first-order valence-corrected chi connectivity index (χ1v) is 9.64. The number of ether oxygens (including phenoxy) is 1. The van der Waals surface area contributed by atoms with Crippen LogP contribution in [0.25, 0.3) is 10.2 Å². The third-order valence-corrected chi connectivity index (χ3v) is 5.19. The lowest BCUT2D eigenvalue weighted by Gasteiger charge is -2.11. The summed E-state index contributed by atoms with van der Waals surface area (Å²) in [5.41, 5.74) is 8.87. The zero-order valence-electron chi connectivity index (χ0n) is 15.3. The molecule has 0 unspecified atom stereocenters. The van der Waals surface area contributed by atoms with Crippen LogP contribution >= 0.6 is 11.3 Å².